The summed E-state index contributed by atoms with van der Waals surface area (Å²) in [5.41, 5.74) is 0.480. The largest absolute Gasteiger partial charge is 0.495 e. The van der Waals surface area contributed by atoms with Crippen molar-refractivity contribution in [2.24, 2.45) is 0 Å². The first-order chi connectivity index (χ1) is 8.01. The van der Waals surface area contributed by atoms with Gasteiger partial charge in [0.25, 0.3) is 0 Å². The average molecular weight is 303 g/mol. The van der Waals surface area contributed by atoms with Crippen LogP contribution in [0.25, 0.3) is 0 Å². The van der Waals surface area contributed by atoms with E-state index in [1.54, 1.807) is 7.11 Å². The van der Waals surface area contributed by atoms with Crippen molar-refractivity contribution in [1.82, 2.24) is 0 Å². The molecule has 0 atom stereocenters. The number of hydrogen-bond donors (Lipinski definition) is 1. The lowest BCUT2D eigenvalue weighted by Gasteiger charge is -2.25. The van der Waals surface area contributed by atoms with Gasteiger partial charge in [0.05, 0.1) is 13.7 Å². The van der Waals surface area contributed by atoms with Gasteiger partial charge in [-0.05, 0) is 22.0 Å². The van der Waals surface area contributed by atoms with Crippen LogP contribution in [0.2, 0.25) is 0 Å². The molecule has 1 aliphatic heterocycles. The molecule has 0 radical (unpaired) electrons. The summed E-state index contributed by atoms with van der Waals surface area (Å²) in [5, 5.41) is 9.46. The van der Waals surface area contributed by atoms with Crippen LogP contribution in [0, 0.1) is 0 Å². The number of hydrogen-bond acceptors (Lipinski definition) is 4. The molecule has 0 amide bonds. The minimum atomic E-state index is -0.408. The van der Waals surface area contributed by atoms with Crippen molar-refractivity contribution in [1.29, 1.82) is 0 Å². The van der Waals surface area contributed by atoms with E-state index in [1.807, 2.05) is 19.9 Å². The number of benzene rings is 1. The highest BCUT2D eigenvalue weighted by atomic mass is 79.9. The molecule has 0 bridgehead atoms. The Morgan fingerprint density at radius 1 is 1.47 bits per heavy atom. The van der Waals surface area contributed by atoms with Gasteiger partial charge in [-0.25, -0.2) is 0 Å². The minimum Gasteiger partial charge on any atom is -0.495 e. The molecule has 1 heterocycles. The second-order valence-electron chi connectivity index (χ2n) is 4.55. The van der Waals surface area contributed by atoms with Crippen molar-refractivity contribution in [3.05, 3.63) is 16.1 Å². The van der Waals surface area contributed by atoms with Gasteiger partial charge in [0, 0.05) is 11.0 Å². The van der Waals surface area contributed by atoms with Crippen molar-refractivity contribution in [3.8, 4) is 17.2 Å². The summed E-state index contributed by atoms with van der Waals surface area (Å²) in [4.78, 5) is 0. The van der Waals surface area contributed by atoms with Gasteiger partial charge in [0.2, 0.25) is 6.79 Å². The van der Waals surface area contributed by atoms with Crippen LogP contribution in [0.15, 0.2) is 10.5 Å². The van der Waals surface area contributed by atoms with E-state index >= 15 is 0 Å². The van der Waals surface area contributed by atoms with Crippen LogP contribution in [-0.4, -0.2) is 25.6 Å². The van der Waals surface area contributed by atoms with Crippen LogP contribution in [0.5, 0.6) is 17.2 Å². The van der Waals surface area contributed by atoms with E-state index < -0.39 is 5.41 Å². The van der Waals surface area contributed by atoms with Gasteiger partial charge in [0.1, 0.15) is 10.2 Å². The van der Waals surface area contributed by atoms with Crippen molar-refractivity contribution in [3.63, 3.8) is 0 Å². The van der Waals surface area contributed by atoms with E-state index in [0.717, 1.165) is 10.0 Å². The van der Waals surface area contributed by atoms with Crippen LogP contribution < -0.4 is 14.2 Å². The second kappa shape index (κ2) is 4.38. The third-order valence-electron chi connectivity index (χ3n) is 2.89. The molecule has 17 heavy (non-hydrogen) atoms. The first-order valence-electron chi connectivity index (χ1n) is 5.28. The van der Waals surface area contributed by atoms with Crippen molar-refractivity contribution in [2.45, 2.75) is 19.3 Å². The number of methoxy groups -OCH3 is 1. The lowest BCUT2D eigenvalue weighted by atomic mass is 9.84. The third kappa shape index (κ3) is 1.98. The molecule has 0 saturated heterocycles. The quantitative estimate of drug-likeness (QED) is 0.932. The molecule has 94 valence electrons. The van der Waals surface area contributed by atoms with E-state index in [9.17, 15) is 5.11 Å². The molecule has 0 saturated carbocycles. The molecule has 1 aliphatic rings. The van der Waals surface area contributed by atoms with E-state index in [-0.39, 0.29) is 13.4 Å². The third-order valence-corrected chi connectivity index (χ3v) is 3.61. The Hall–Kier alpha value is -0.940. The maximum absolute atomic E-state index is 9.46. The van der Waals surface area contributed by atoms with E-state index in [4.69, 9.17) is 14.2 Å². The lowest BCUT2D eigenvalue weighted by molar-refractivity contribution is 0.173. The summed E-state index contributed by atoms with van der Waals surface area (Å²) in [6.45, 7) is 4.12. The van der Waals surface area contributed by atoms with Crippen LogP contribution in [0.3, 0.4) is 0 Å². The number of rotatable bonds is 3. The second-order valence-corrected chi connectivity index (χ2v) is 5.34. The van der Waals surface area contributed by atoms with Gasteiger partial charge >= 0.3 is 0 Å². The molecule has 1 N–H and O–H groups in total. The molecule has 1 aromatic rings. The summed E-state index contributed by atoms with van der Waals surface area (Å²) in [7, 11) is 1.60. The van der Waals surface area contributed by atoms with Gasteiger partial charge in [-0.3, -0.25) is 0 Å². The highest BCUT2D eigenvalue weighted by Gasteiger charge is 2.31. The van der Waals surface area contributed by atoms with Crippen LogP contribution in [0.4, 0.5) is 0 Å². The number of fused-ring (bicyclic) bond motifs is 1. The Morgan fingerprint density at radius 3 is 2.76 bits per heavy atom. The van der Waals surface area contributed by atoms with Crippen molar-refractivity contribution in [2.75, 3.05) is 20.5 Å². The maximum atomic E-state index is 9.46. The number of aliphatic hydroxyl groups excluding tert-OH is 1. The van der Waals surface area contributed by atoms with Gasteiger partial charge in [-0.15, -0.1) is 0 Å². The molecule has 0 aromatic heterocycles. The smallest absolute Gasteiger partial charge is 0.231 e. The van der Waals surface area contributed by atoms with Crippen LogP contribution >= 0.6 is 15.9 Å². The van der Waals surface area contributed by atoms with Crippen LogP contribution in [0.1, 0.15) is 19.4 Å². The Kier molecular flexibility index (Phi) is 3.23. The zero-order valence-corrected chi connectivity index (χ0v) is 11.6. The van der Waals surface area contributed by atoms with E-state index in [2.05, 4.69) is 15.9 Å². The highest BCUT2D eigenvalue weighted by Crippen LogP contribution is 2.49. The zero-order chi connectivity index (χ0) is 12.6. The Labute approximate surface area is 109 Å². The van der Waals surface area contributed by atoms with E-state index in [0.29, 0.717) is 17.2 Å². The molecule has 0 unspecified atom stereocenters. The van der Waals surface area contributed by atoms with Gasteiger partial charge in [-0.2, -0.15) is 0 Å². The molecule has 5 heteroatoms. The molecular formula is C12H15BrO4. The topological polar surface area (TPSA) is 47.9 Å². The SMILES string of the molecule is COc1c(C(C)(C)CO)cc2c(c1Br)OCO2. The number of ether oxygens (including phenoxy) is 3. The Morgan fingerprint density at radius 2 is 2.18 bits per heavy atom. The van der Waals surface area contributed by atoms with Gasteiger partial charge in [0.15, 0.2) is 11.5 Å². The summed E-state index contributed by atoms with van der Waals surface area (Å²) in [5.74, 6) is 2.00. The Bertz CT molecular complexity index is 443. The molecule has 0 aliphatic carbocycles. The van der Waals surface area contributed by atoms with Gasteiger partial charge in [-0.1, -0.05) is 13.8 Å². The molecule has 4 nitrogen and oxygen atoms in total. The number of aliphatic hydroxyl groups is 1. The summed E-state index contributed by atoms with van der Waals surface area (Å²) in [6.07, 6.45) is 0. The molecule has 2 rings (SSSR count). The van der Waals surface area contributed by atoms with E-state index in [1.165, 1.54) is 0 Å². The van der Waals surface area contributed by atoms with Crippen molar-refractivity contribution >= 4 is 15.9 Å². The fourth-order valence-corrected chi connectivity index (χ4v) is 2.46. The zero-order valence-electron chi connectivity index (χ0n) is 10.0. The molecule has 0 fully saturated rings. The van der Waals surface area contributed by atoms with Crippen LogP contribution in [-0.2, 0) is 5.41 Å². The molecule has 0 spiro atoms. The maximum Gasteiger partial charge on any atom is 0.231 e. The minimum absolute atomic E-state index is 0.0233. The average Bonchev–Trinajstić information content (AvgIpc) is 2.77. The van der Waals surface area contributed by atoms with Crippen molar-refractivity contribution < 1.29 is 19.3 Å². The lowest BCUT2D eigenvalue weighted by Crippen LogP contribution is -2.23. The first-order valence-corrected chi connectivity index (χ1v) is 6.08. The number of halogens is 1. The predicted molar refractivity (Wildman–Crippen MR) is 66.9 cm³/mol. The highest BCUT2D eigenvalue weighted by molar-refractivity contribution is 9.10. The monoisotopic (exact) mass is 302 g/mol. The fourth-order valence-electron chi connectivity index (χ4n) is 1.77. The predicted octanol–water partition coefficient (Wildman–Crippen LogP) is 2.46. The normalized spacial score (nSPS) is 13.9. The summed E-state index contributed by atoms with van der Waals surface area (Å²) in [6, 6.07) is 1.86. The van der Waals surface area contributed by atoms with Gasteiger partial charge < -0.3 is 19.3 Å². The molecule has 1 aromatic carbocycles. The summed E-state index contributed by atoms with van der Waals surface area (Å²) >= 11 is 3.45. The molecular weight excluding hydrogens is 288 g/mol. The summed E-state index contributed by atoms with van der Waals surface area (Å²) < 4.78 is 16.9. The first kappa shape index (κ1) is 12.5. The Balaban J connectivity index is 2.64. The standard InChI is InChI=1S/C12H15BrO4/c1-12(2,5-14)7-4-8-11(17-6-16-8)9(13)10(7)15-3/h4,14H,5-6H2,1-3H3. The fraction of sp³-hybridized carbons (Fsp3) is 0.500.